The molecule has 0 radical (unpaired) electrons. The molecule has 11 rings (SSSR count). The summed E-state index contributed by atoms with van der Waals surface area (Å²) in [5.74, 6) is 3.25. The fourth-order valence-corrected chi connectivity index (χ4v) is 9.17. The molecule has 2 aliphatic rings. The van der Waals surface area contributed by atoms with Crippen molar-refractivity contribution in [3.05, 3.63) is 180 Å². The van der Waals surface area contributed by atoms with Crippen LogP contribution in [0.25, 0.3) is 44.2 Å². The Morgan fingerprint density at radius 3 is 1.64 bits per heavy atom. The van der Waals surface area contributed by atoms with E-state index in [1.165, 1.54) is 11.1 Å². The summed E-state index contributed by atoms with van der Waals surface area (Å²) in [6.07, 6.45) is 0. The molecule has 0 atom stereocenters. The first-order chi connectivity index (χ1) is 28.7. The predicted octanol–water partition coefficient (Wildman–Crippen LogP) is 13.0. The lowest BCUT2D eigenvalue weighted by Crippen LogP contribution is -2.57. The van der Waals surface area contributed by atoms with E-state index in [1.54, 1.807) is 0 Å². The lowest BCUT2D eigenvalue weighted by molar-refractivity contribution is 0.465. The van der Waals surface area contributed by atoms with Gasteiger partial charge in [0.05, 0.1) is 11.4 Å². The number of rotatable bonds is 5. The van der Waals surface area contributed by atoms with Crippen molar-refractivity contribution in [2.24, 2.45) is 0 Å². The van der Waals surface area contributed by atoms with Gasteiger partial charge in [0, 0.05) is 39.6 Å². The Labute approximate surface area is 345 Å². The zero-order valence-corrected chi connectivity index (χ0v) is 33.8. The highest BCUT2D eigenvalue weighted by molar-refractivity contribution is 6.98. The molecule has 8 aromatic carbocycles. The van der Waals surface area contributed by atoms with E-state index in [-0.39, 0.29) is 12.1 Å². The van der Waals surface area contributed by atoms with Crippen LogP contribution in [0.15, 0.2) is 168 Å². The van der Waals surface area contributed by atoms with E-state index in [0.717, 1.165) is 106 Å². The monoisotopic (exact) mass is 763 g/mol. The fourth-order valence-electron chi connectivity index (χ4n) is 9.17. The number of para-hydroxylation sites is 2. The van der Waals surface area contributed by atoms with E-state index in [1.807, 2.05) is 0 Å². The molecule has 0 fully saturated rings. The molecule has 1 aromatic heterocycles. The SMILES string of the molecule is Cc1ccc(C)c(N(c2cc3c4c(c2)Oc2cc(-c5ccccc5)ccc2B4c2ccc(-c4ccccc4)cc2O3)c2cccc3c2oc2c(C(C)(C)C)cccc23)c1. The molecule has 4 nitrogen and oxygen atoms in total. The van der Waals surface area contributed by atoms with Gasteiger partial charge in [0.1, 0.15) is 28.6 Å². The van der Waals surface area contributed by atoms with Crippen LogP contribution in [-0.2, 0) is 5.41 Å². The zero-order valence-electron chi connectivity index (χ0n) is 33.8. The largest absolute Gasteiger partial charge is 0.458 e. The second kappa shape index (κ2) is 13.3. The van der Waals surface area contributed by atoms with Crippen molar-refractivity contribution in [3.63, 3.8) is 0 Å². The molecule has 0 saturated carbocycles. The number of nitrogens with zero attached hydrogens (tertiary/aromatic N) is 1. The molecule has 0 amide bonds. The Bertz CT molecular complexity index is 3010. The Morgan fingerprint density at radius 2 is 1.05 bits per heavy atom. The second-order valence-corrected chi connectivity index (χ2v) is 17.0. The van der Waals surface area contributed by atoms with Gasteiger partial charge in [0.25, 0.3) is 6.71 Å². The summed E-state index contributed by atoms with van der Waals surface area (Å²) in [6.45, 7) is 11.0. The maximum Gasteiger partial charge on any atom is 0.260 e. The van der Waals surface area contributed by atoms with Crippen molar-refractivity contribution < 1.29 is 13.9 Å². The molecule has 0 spiro atoms. The summed E-state index contributed by atoms with van der Waals surface area (Å²) in [5.41, 5.74) is 15.9. The van der Waals surface area contributed by atoms with Gasteiger partial charge >= 0.3 is 0 Å². The highest BCUT2D eigenvalue weighted by atomic mass is 16.5. The van der Waals surface area contributed by atoms with Crippen molar-refractivity contribution in [1.82, 2.24) is 0 Å². The van der Waals surface area contributed by atoms with E-state index < -0.39 is 0 Å². The van der Waals surface area contributed by atoms with Gasteiger partial charge in [-0.05, 0) is 87.8 Å². The van der Waals surface area contributed by atoms with Crippen molar-refractivity contribution in [2.75, 3.05) is 4.90 Å². The van der Waals surface area contributed by atoms with Crippen LogP contribution in [0, 0.1) is 13.8 Å². The van der Waals surface area contributed by atoms with Crippen LogP contribution in [0.4, 0.5) is 17.1 Å². The summed E-state index contributed by atoms with van der Waals surface area (Å²) < 4.78 is 21.2. The van der Waals surface area contributed by atoms with Gasteiger partial charge < -0.3 is 18.8 Å². The van der Waals surface area contributed by atoms with Crippen LogP contribution < -0.4 is 30.8 Å². The number of hydrogen-bond donors (Lipinski definition) is 0. The number of hydrogen-bond acceptors (Lipinski definition) is 4. The van der Waals surface area contributed by atoms with E-state index in [4.69, 9.17) is 13.9 Å². The topological polar surface area (TPSA) is 34.8 Å². The number of furan rings is 1. The van der Waals surface area contributed by atoms with Crippen molar-refractivity contribution >= 4 is 62.1 Å². The predicted molar refractivity (Wildman–Crippen MR) is 245 cm³/mol. The molecule has 0 bridgehead atoms. The Kier molecular flexibility index (Phi) is 7.93. The molecular weight excluding hydrogens is 721 g/mol. The van der Waals surface area contributed by atoms with E-state index in [9.17, 15) is 0 Å². The number of benzene rings is 8. The summed E-state index contributed by atoms with van der Waals surface area (Å²) in [6, 6.07) is 58.3. The highest BCUT2D eigenvalue weighted by Gasteiger charge is 2.41. The fraction of sp³-hybridized carbons (Fsp3) is 0.111. The molecule has 3 heterocycles. The molecule has 59 heavy (non-hydrogen) atoms. The number of fused-ring (bicyclic) bond motifs is 7. The third-order valence-corrected chi connectivity index (χ3v) is 12.1. The minimum atomic E-state index is -0.0971. The van der Waals surface area contributed by atoms with Gasteiger partial charge in [-0.25, -0.2) is 0 Å². The third kappa shape index (κ3) is 5.75. The maximum absolute atomic E-state index is 7.07. The smallest absolute Gasteiger partial charge is 0.260 e. The third-order valence-electron chi connectivity index (χ3n) is 12.1. The average molecular weight is 764 g/mol. The normalized spacial score (nSPS) is 12.7. The van der Waals surface area contributed by atoms with Crippen LogP contribution >= 0.6 is 0 Å². The van der Waals surface area contributed by atoms with E-state index in [2.05, 4.69) is 203 Å². The lowest BCUT2D eigenvalue weighted by Gasteiger charge is -2.35. The number of aryl methyl sites for hydroxylation is 2. The Morgan fingerprint density at radius 1 is 0.475 bits per heavy atom. The van der Waals surface area contributed by atoms with Crippen molar-refractivity contribution in [2.45, 2.75) is 40.0 Å². The first-order valence-electron chi connectivity index (χ1n) is 20.4. The summed E-state index contributed by atoms with van der Waals surface area (Å²) in [7, 11) is 0. The highest BCUT2D eigenvalue weighted by Crippen LogP contribution is 2.48. The number of ether oxygens (including phenoxy) is 2. The van der Waals surface area contributed by atoms with Crippen LogP contribution in [0.5, 0.6) is 23.0 Å². The van der Waals surface area contributed by atoms with Crippen LogP contribution in [0.1, 0.15) is 37.5 Å². The summed E-state index contributed by atoms with van der Waals surface area (Å²) in [4.78, 5) is 2.33. The van der Waals surface area contributed by atoms with Crippen molar-refractivity contribution in [1.29, 1.82) is 0 Å². The molecule has 0 N–H and O–H groups in total. The minimum absolute atomic E-state index is 0.0834. The van der Waals surface area contributed by atoms with Gasteiger partial charge in [-0.1, -0.05) is 148 Å². The Balaban J connectivity index is 1.16. The van der Waals surface area contributed by atoms with Gasteiger partial charge in [-0.3, -0.25) is 0 Å². The van der Waals surface area contributed by atoms with Crippen LogP contribution in [-0.4, -0.2) is 6.71 Å². The Hall–Kier alpha value is -6.98. The van der Waals surface area contributed by atoms with Gasteiger partial charge in [-0.2, -0.15) is 0 Å². The summed E-state index contributed by atoms with van der Waals surface area (Å²) in [5, 5.41) is 2.19. The standard InChI is InChI=1S/C54H42BNO3/c1-33-22-23-34(2)46(28-33)56(45-21-13-19-41-40-18-12-20-42(54(3,4)5)52(40)59-53(41)45)39-31-49-51-50(32-39)58-48-30-38(36-16-10-7-11-17-36)25-27-44(48)55(51)43-26-24-37(29-47(43)57-49)35-14-8-6-9-15-35/h6-32H,1-5H3. The van der Waals surface area contributed by atoms with Crippen LogP contribution in [0.2, 0.25) is 0 Å². The molecule has 0 saturated heterocycles. The molecule has 0 aliphatic carbocycles. The molecule has 0 unspecified atom stereocenters. The van der Waals surface area contributed by atoms with E-state index in [0.29, 0.717) is 0 Å². The second-order valence-electron chi connectivity index (χ2n) is 17.0. The quantitative estimate of drug-likeness (QED) is 0.164. The average Bonchev–Trinajstić information content (AvgIpc) is 3.64. The first kappa shape index (κ1) is 35.2. The van der Waals surface area contributed by atoms with Gasteiger partial charge in [0.2, 0.25) is 0 Å². The van der Waals surface area contributed by atoms with Crippen molar-refractivity contribution in [3.8, 4) is 45.3 Å². The molecule has 9 aromatic rings. The number of anilines is 3. The summed E-state index contributed by atoms with van der Waals surface area (Å²) >= 11 is 0. The van der Waals surface area contributed by atoms with E-state index >= 15 is 0 Å². The van der Waals surface area contributed by atoms with Gasteiger partial charge in [-0.15, -0.1) is 0 Å². The zero-order chi connectivity index (χ0) is 40.0. The molecule has 2 aliphatic heterocycles. The van der Waals surface area contributed by atoms with Gasteiger partial charge in [0.15, 0.2) is 5.58 Å². The first-order valence-corrected chi connectivity index (χ1v) is 20.4. The van der Waals surface area contributed by atoms with Crippen LogP contribution in [0.3, 0.4) is 0 Å². The molecule has 5 heteroatoms. The minimum Gasteiger partial charge on any atom is -0.458 e. The maximum atomic E-state index is 7.07. The lowest BCUT2D eigenvalue weighted by atomic mass is 9.34. The molecular formula is C54H42BNO3. The molecule has 284 valence electrons.